The van der Waals surface area contributed by atoms with Crippen molar-refractivity contribution in [3.63, 3.8) is 0 Å². The van der Waals surface area contributed by atoms with Crippen LogP contribution in [0.5, 0.6) is 11.5 Å². The summed E-state index contributed by atoms with van der Waals surface area (Å²) in [6, 6.07) is 17.5. The van der Waals surface area contributed by atoms with Crippen molar-refractivity contribution in [1.82, 2.24) is 4.90 Å². The highest BCUT2D eigenvalue weighted by atomic mass is 16.6. The summed E-state index contributed by atoms with van der Waals surface area (Å²) < 4.78 is 16.8. The molecule has 0 radical (unpaired) electrons. The standard InChI is InChI=1S/C22H26N2O4/c1-26-18-9-7-17(8-10-18)24-16-21(28-22(24)25)15-23-13-11-20(12-14-23)27-19-5-3-2-4-6-19/h2-10,20-21H,11-16H2,1H3/t21-/m0/s1. The number of benzene rings is 2. The first-order valence-electron chi connectivity index (χ1n) is 9.77. The highest BCUT2D eigenvalue weighted by molar-refractivity contribution is 5.89. The van der Waals surface area contributed by atoms with Gasteiger partial charge in [0.05, 0.1) is 13.7 Å². The summed E-state index contributed by atoms with van der Waals surface area (Å²) in [6.45, 7) is 3.24. The lowest BCUT2D eigenvalue weighted by Crippen LogP contribution is -2.42. The predicted molar refractivity (Wildman–Crippen MR) is 107 cm³/mol. The van der Waals surface area contributed by atoms with Gasteiger partial charge in [-0.05, 0) is 49.2 Å². The maximum Gasteiger partial charge on any atom is 0.414 e. The molecule has 2 aliphatic rings. The van der Waals surface area contributed by atoms with Gasteiger partial charge in [0.1, 0.15) is 23.7 Å². The third-order valence-corrected chi connectivity index (χ3v) is 5.30. The molecule has 1 atom stereocenters. The van der Waals surface area contributed by atoms with Crippen molar-refractivity contribution in [2.45, 2.75) is 25.0 Å². The molecule has 6 heteroatoms. The number of carbonyl (C=O) groups excluding carboxylic acids is 1. The van der Waals surface area contributed by atoms with Crippen molar-refractivity contribution in [3.8, 4) is 11.5 Å². The molecule has 6 nitrogen and oxygen atoms in total. The molecule has 28 heavy (non-hydrogen) atoms. The monoisotopic (exact) mass is 382 g/mol. The van der Waals surface area contributed by atoms with Gasteiger partial charge >= 0.3 is 6.09 Å². The van der Waals surface area contributed by atoms with Crippen LogP contribution in [0.15, 0.2) is 54.6 Å². The van der Waals surface area contributed by atoms with E-state index in [9.17, 15) is 4.79 Å². The van der Waals surface area contributed by atoms with E-state index in [1.165, 1.54) is 0 Å². The van der Waals surface area contributed by atoms with Crippen molar-refractivity contribution >= 4 is 11.8 Å². The van der Waals surface area contributed by atoms with E-state index in [1.807, 2.05) is 54.6 Å². The van der Waals surface area contributed by atoms with Gasteiger partial charge < -0.3 is 14.2 Å². The van der Waals surface area contributed by atoms with Crippen molar-refractivity contribution in [3.05, 3.63) is 54.6 Å². The Hall–Kier alpha value is -2.73. The number of rotatable bonds is 6. The van der Waals surface area contributed by atoms with E-state index in [1.54, 1.807) is 12.0 Å². The summed E-state index contributed by atoms with van der Waals surface area (Å²) in [5.74, 6) is 1.70. The zero-order valence-corrected chi connectivity index (χ0v) is 16.1. The summed E-state index contributed by atoms with van der Waals surface area (Å²) in [4.78, 5) is 16.3. The van der Waals surface area contributed by atoms with Gasteiger partial charge in [-0.25, -0.2) is 4.79 Å². The fourth-order valence-corrected chi connectivity index (χ4v) is 3.78. The molecule has 4 rings (SSSR count). The van der Waals surface area contributed by atoms with E-state index >= 15 is 0 Å². The van der Waals surface area contributed by atoms with Gasteiger partial charge in [0.25, 0.3) is 0 Å². The summed E-state index contributed by atoms with van der Waals surface area (Å²) in [6.07, 6.45) is 1.83. The molecule has 0 bridgehead atoms. The molecule has 2 saturated heterocycles. The van der Waals surface area contributed by atoms with Crippen LogP contribution in [0.4, 0.5) is 10.5 Å². The molecule has 0 saturated carbocycles. The van der Waals surface area contributed by atoms with E-state index in [2.05, 4.69) is 4.90 Å². The smallest absolute Gasteiger partial charge is 0.414 e. The second-order valence-corrected chi connectivity index (χ2v) is 7.25. The van der Waals surface area contributed by atoms with Gasteiger partial charge in [-0.1, -0.05) is 18.2 Å². The largest absolute Gasteiger partial charge is 0.497 e. The molecular weight excluding hydrogens is 356 g/mol. The molecular formula is C22H26N2O4. The number of ether oxygens (including phenoxy) is 3. The molecule has 0 N–H and O–H groups in total. The lowest BCUT2D eigenvalue weighted by Gasteiger charge is -2.33. The molecule has 2 fully saturated rings. The number of hydrogen-bond acceptors (Lipinski definition) is 5. The second kappa shape index (κ2) is 8.52. The molecule has 2 heterocycles. The zero-order valence-electron chi connectivity index (χ0n) is 16.1. The Morgan fingerprint density at radius 3 is 2.39 bits per heavy atom. The topological polar surface area (TPSA) is 51.2 Å². The Morgan fingerprint density at radius 1 is 1.00 bits per heavy atom. The molecule has 0 unspecified atom stereocenters. The van der Waals surface area contributed by atoms with Crippen molar-refractivity contribution in [2.75, 3.05) is 38.2 Å². The quantitative estimate of drug-likeness (QED) is 0.765. The van der Waals surface area contributed by atoms with Gasteiger partial charge in [-0.15, -0.1) is 0 Å². The maximum absolute atomic E-state index is 12.3. The van der Waals surface area contributed by atoms with Gasteiger partial charge in [-0.2, -0.15) is 0 Å². The maximum atomic E-state index is 12.3. The summed E-state index contributed by atoms with van der Waals surface area (Å²) >= 11 is 0. The average molecular weight is 382 g/mol. The molecule has 2 aliphatic heterocycles. The number of nitrogens with zero attached hydrogens (tertiary/aromatic N) is 2. The number of cyclic esters (lactones) is 1. The number of piperidine rings is 1. The van der Waals surface area contributed by atoms with E-state index in [0.717, 1.165) is 49.7 Å². The first-order valence-corrected chi connectivity index (χ1v) is 9.77. The predicted octanol–water partition coefficient (Wildman–Crippen LogP) is 3.56. The number of methoxy groups -OCH3 is 1. The Labute approximate surface area is 165 Å². The van der Waals surface area contributed by atoms with Crippen LogP contribution in [0.25, 0.3) is 0 Å². The SMILES string of the molecule is COc1ccc(N2C[C@H](CN3CCC(Oc4ccccc4)CC3)OC2=O)cc1. The van der Waals surface area contributed by atoms with E-state index in [0.29, 0.717) is 6.54 Å². The van der Waals surface area contributed by atoms with Gasteiger partial charge in [0.2, 0.25) is 0 Å². The van der Waals surface area contributed by atoms with Crippen molar-refractivity contribution in [1.29, 1.82) is 0 Å². The van der Waals surface area contributed by atoms with Gasteiger partial charge in [0.15, 0.2) is 0 Å². The van der Waals surface area contributed by atoms with Crippen LogP contribution < -0.4 is 14.4 Å². The number of carbonyl (C=O) groups is 1. The normalized spacial score (nSPS) is 20.8. The third kappa shape index (κ3) is 4.39. The lowest BCUT2D eigenvalue weighted by molar-refractivity contribution is 0.0655. The van der Waals surface area contributed by atoms with Crippen LogP contribution in [0.2, 0.25) is 0 Å². The minimum absolute atomic E-state index is 0.110. The second-order valence-electron chi connectivity index (χ2n) is 7.25. The minimum atomic E-state index is -0.280. The van der Waals surface area contributed by atoms with Crippen LogP contribution in [-0.2, 0) is 4.74 Å². The first-order chi connectivity index (χ1) is 13.7. The summed E-state index contributed by atoms with van der Waals surface area (Å²) in [5.41, 5.74) is 0.836. The molecule has 2 aromatic rings. The van der Waals surface area contributed by atoms with E-state index in [-0.39, 0.29) is 18.3 Å². The molecule has 1 amide bonds. The van der Waals surface area contributed by atoms with E-state index < -0.39 is 0 Å². The number of anilines is 1. The number of hydrogen-bond donors (Lipinski definition) is 0. The first kappa shape index (κ1) is 18.6. The van der Waals surface area contributed by atoms with Crippen LogP contribution >= 0.6 is 0 Å². The molecule has 148 valence electrons. The zero-order chi connectivity index (χ0) is 19.3. The minimum Gasteiger partial charge on any atom is -0.497 e. The highest BCUT2D eigenvalue weighted by Gasteiger charge is 2.34. The van der Waals surface area contributed by atoms with Gasteiger partial charge in [-0.3, -0.25) is 9.80 Å². The number of para-hydroxylation sites is 1. The van der Waals surface area contributed by atoms with Crippen LogP contribution in [0, 0.1) is 0 Å². The Morgan fingerprint density at radius 2 is 1.71 bits per heavy atom. The fourth-order valence-electron chi connectivity index (χ4n) is 3.78. The molecule has 2 aromatic carbocycles. The van der Waals surface area contributed by atoms with E-state index in [4.69, 9.17) is 14.2 Å². The van der Waals surface area contributed by atoms with Crippen molar-refractivity contribution in [2.24, 2.45) is 0 Å². The number of likely N-dealkylation sites (tertiary alicyclic amines) is 1. The van der Waals surface area contributed by atoms with Crippen molar-refractivity contribution < 1.29 is 19.0 Å². The lowest BCUT2D eigenvalue weighted by atomic mass is 10.1. The van der Waals surface area contributed by atoms with Gasteiger partial charge in [0, 0.05) is 25.3 Å². The molecule has 0 aliphatic carbocycles. The Bertz CT molecular complexity index is 773. The highest BCUT2D eigenvalue weighted by Crippen LogP contribution is 2.25. The Kier molecular flexibility index (Phi) is 5.67. The summed E-state index contributed by atoms with van der Waals surface area (Å²) in [7, 11) is 1.63. The third-order valence-electron chi connectivity index (χ3n) is 5.30. The van der Waals surface area contributed by atoms with Crippen LogP contribution in [0.3, 0.4) is 0 Å². The molecule has 0 aromatic heterocycles. The fraction of sp³-hybridized carbons (Fsp3) is 0.409. The average Bonchev–Trinajstić information content (AvgIpc) is 3.10. The summed E-state index contributed by atoms with van der Waals surface area (Å²) in [5, 5.41) is 0. The number of amides is 1. The Balaban J connectivity index is 1.26. The van der Waals surface area contributed by atoms with Crippen LogP contribution in [-0.4, -0.2) is 56.5 Å². The van der Waals surface area contributed by atoms with Crippen LogP contribution in [0.1, 0.15) is 12.8 Å². The molecule has 0 spiro atoms.